The Labute approximate surface area is 87.9 Å². The normalized spacial score (nSPS) is 13.3. The van der Waals surface area contributed by atoms with Gasteiger partial charge in [0, 0.05) is 22.6 Å². The molecule has 2 nitrogen and oxygen atoms in total. The first-order valence-corrected chi connectivity index (χ1v) is 5.42. The number of hydrogen-bond acceptors (Lipinski definition) is 2. The number of aromatic nitrogens is 2. The first-order chi connectivity index (χ1) is 6.09. The molecule has 0 bridgehead atoms. The summed E-state index contributed by atoms with van der Waals surface area (Å²) in [5, 5.41) is 0. The maximum atomic E-state index is 4.22. The van der Waals surface area contributed by atoms with Crippen molar-refractivity contribution in [3.05, 3.63) is 23.8 Å². The third-order valence-corrected chi connectivity index (χ3v) is 3.37. The van der Waals surface area contributed by atoms with Gasteiger partial charge in [-0.05, 0) is 18.9 Å². The minimum Gasteiger partial charge on any atom is -0.242 e. The van der Waals surface area contributed by atoms with Gasteiger partial charge in [0.1, 0.15) is 6.33 Å². The third kappa shape index (κ3) is 3.43. The van der Waals surface area contributed by atoms with Crippen molar-refractivity contribution in [2.75, 3.05) is 0 Å². The van der Waals surface area contributed by atoms with Crippen LogP contribution in [0.2, 0.25) is 0 Å². The van der Waals surface area contributed by atoms with Crippen LogP contribution >= 0.6 is 15.9 Å². The fraction of sp³-hybridized carbons (Fsp3) is 0.600. The van der Waals surface area contributed by atoms with E-state index in [1.165, 1.54) is 0 Å². The number of aryl methyl sites for hydroxylation is 1. The minimum absolute atomic E-state index is 0.502. The van der Waals surface area contributed by atoms with Crippen molar-refractivity contribution in [2.45, 2.75) is 32.0 Å². The van der Waals surface area contributed by atoms with Crippen molar-refractivity contribution in [1.29, 1.82) is 0 Å². The zero-order chi connectivity index (χ0) is 9.84. The van der Waals surface area contributed by atoms with E-state index in [1.54, 1.807) is 6.33 Å². The second-order valence-corrected chi connectivity index (χ2v) is 4.79. The number of nitrogens with zero attached hydrogens (tertiary/aromatic N) is 2. The summed E-state index contributed by atoms with van der Waals surface area (Å²) < 4.78 is 0. The van der Waals surface area contributed by atoms with Crippen molar-refractivity contribution in [1.82, 2.24) is 9.97 Å². The summed E-state index contributed by atoms with van der Waals surface area (Å²) >= 11 is 3.64. The van der Waals surface area contributed by atoms with Gasteiger partial charge < -0.3 is 0 Å². The largest absolute Gasteiger partial charge is 0.242 e. The second-order valence-electron chi connectivity index (χ2n) is 3.61. The maximum Gasteiger partial charge on any atom is 0.115 e. The van der Waals surface area contributed by atoms with E-state index < -0.39 is 0 Å². The Balaban J connectivity index is 2.64. The Kier molecular flexibility index (Phi) is 3.85. The maximum absolute atomic E-state index is 4.22. The van der Waals surface area contributed by atoms with Gasteiger partial charge in [-0.3, -0.25) is 0 Å². The topological polar surface area (TPSA) is 25.8 Å². The highest BCUT2D eigenvalue weighted by Crippen LogP contribution is 2.16. The molecule has 0 saturated heterocycles. The summed E-state index contributed by atoms with van der Waals surface area (Å²) in [7, 11) is 0. The first kappa shape index (κ1) is 10.6. The molecule has 3 heteroatoms. The standard InChI is InChI=1S/C10H15BrN2/c1-7(2)10(11)5-9-4-8(3)12-6-13-9/h4,6-7,10H,5H2,1-3H3. The number of halogens is 1. The molecule has 13 heavy (non-hydrogen) atoms. The molecule has 1 unspecified atom stereocenters. The zero-order valence-corrected chi connectivity index (χ0v) is 9.87. The molecule has 72 valence electrons. The van der Waals surface area contributed by atoms with Crippen LogP contribution in [0.5, 0.6) is 0 Å². The van der Waals surface area contributed by atoms with Gasteiger partial charge in [-0.1, -0.05) is 29.8 Å². The van der Waals surface area contributed by atoms with Crippen molar-refractivity contribution in [2.24, 2.45) is 5.92 Å². The molecule has 0 fully saturated rings. The Bertz CT molecular complexity index is 273. The molecule has 1 atom stereocenters. The summed E-state index contributed by atoms with van der Waals surface area (Å²) in [5.41, 5.74) is 2.15. The molecule has 1 rings (SSSR count). The van der Waals surface area contributed by atoms with Crippen LogP contribution in [0.15, 0.2) is 12.4 Å². The van der Waals surface area contributed by atoms with Gasteiger partial charge in [0.05, 0.1) is 0 Å². The summed E-state index contributed by atoms with van der Waals surface area (Å²) in [6.07, 6.45) is 2.60. The van der Waals surface area contributed by atoms with E-state index in [9.17, 15) is 0 Å². The fourth-order valence-corrected chi connectivity index (χ4v) is 1.39. The SMILES string of the molecule is Cc1cc(CC(Br)C(C)C)ncn1. The molecule has 0 saturated carbocycles. The van der Waals surface area contributed by atoms with Crippen LogP contribution in [0.1, 0.15) is 25.2 Å². The molecule has 0 aliphatic heterocycles. The minimum atomic E-state index is 0.502. The van der Waals surface area contributed by atoms with Crippen LogP contribution in [-0.2, 0) is 6.42 Å². The Morgan fingerprint density at radius 3 is 2.62 bits per heavy atom. The lowest BCUT2D eigenvalue weighted by Crippen LogP contribution is -2.11. The van der Waals surface area contributed by atoms with Crippen molar-refractivity contribution >= 4 is 15.9 Å². The van der Waals surface area contributed by atoms with Crippen LogP contribution in [0.4, 0.5) is 0 Å². The molecule has 0 amide bonds. The van der Waals surface area contributed by atoms with Gasteiger partial charge in [-0.15, -0.1) is 0 Å². The highest BCUT2D eigenvalue weighted by atomic mass is 79.9. The van der Waals surface area contributed by atoms with E-state index in [0.29, 0.717) is 10.7 Å². The fourth-order valence-electron chi connectivity index (χ4n) is 1.06. The van der Waals surface area contributed by atoms with Crippen LogP contribution in [0.3, 0.4) is 0 Å². The van der Waals surface area contributed by atoms with E-state index in [2.05, 4.69) is 39.7 Å². The zero-order valence-electron chi connectivity index (χ0n) is 8.29. The summed E-state index contributed by atoms with van der Waals surface area (Å²) in [6.45, 7) is 6.39. The van der Waals surface area contributed by atoms with Crippen molar-refractivity contribution in [3.8, 4) is 0 Å². The predicted octanol–water partition coefficient (Wildman–Crippen LogP) is 2.75. The lowest BCUT2D eigenvalue weighted by molar-refractivity contribution is 0.606. The van der Waals surface area contributed by atoms with Crippen LogP contribution < -0.4 is 0 Å². The molecule has 0 N–H and O–H groups in total. The van der Waals surface area contributed by atoms with Gasteiger partial charge in [-0.2, -0.15) is 0 Å². The van der Waals surface area contributed by atoms with E-state index in [1.807, 2.05) is 13.0 Å². The molecule has 0 spiro atoms. The smallest absolute Gasteiger partial charge is 0.115 e. The van der Waals surface area contributed by atoms with E-state index >= 15 is 0 Å². The van der Waals surface area contributed by atoms with Gasteiger partial charge in [-0.25, -0.2) is 9.97 Å². The lowest BCUT2D eigenvalue weighted by Gasteiger charge is -2.12. The first-order valence-electron chi connectivity index (χ1n) is 4.51. The number of hydrogen-bond donors (Lipinski definition) is 0. The predicted molar refractivity (Wildman–Crippen MR) is 58.0 cm³/mol. The van der Waals surface area contributed by atoms with Crippen LogP contribution in [0, 0.1) is 12.8 Å². The summed E-state index contributed by atoms with van der Waals surface area (Å²) in [6, 6.07) is 2.04. The molecule has 0 aromatic carbocycles. The van der Waals surface area contributed by atoms with E-state index in [-0.39, 0.29) is 0 Å². The average Bonchev–Trinajstić information content (AvgIpc) is 2.04. The van der Waals surface area contributed by atoms with Gasteiger partial charge in [0.2, 0.25) is 0 Å². The quantitative estimate of drug-likeness (QED) is 0.763. The Morgan fingerprint density at radius 1 is 1.38 bits per heavy atom. The second kappa shape index (κ2) is 4.70. The molecule has 1 aromatic heterocycles. The molecule has 1 heterocycles. The van der Waals surface area contributed by atoms with E-state index in [0.717, 1.165) is 17.8 Å². The number of alkyl halides is 1. The van der Waals surface area contributed by atoms with Gasteiger partial charge >= 0.3 is 0 Å². The summed E-state index contributed by atoms with van der Waals surface area (Å²) in [5.74, 6) is 0.635. The lowest BCUT2D eigenvalue weighted by atomic mass is 10.1. The van der Waals surface area contributed by atoms with Gasteiger partial charge in [0.15, 0.2) is 0 Å². The molecular weight excluding hydrogens is 228 g/mol. The average molecular weight is 243 g/mol. The molecule has 1 aromatic rings. The highest BCUT2D eigenvalue weighted by molar-refractivity contribution is 9.09. The molecule has 0 aliphatic rings. The molecular formula is C10H15BrN2. The number of rotatable bonds is 3. The van der Waals surface area contributed by atoms with E-state index in [4.69, 9.17) is 0 Å². The van der Waals surface area contributed by atoms with Crippen molar-refractivity contribution in [3.63, 3.8) is 0 Å². The Hall–Kier alpha value is -0.440. The van der Waals surface area contributed by atoms with Crippen molar-refractivity contribution < 1.29 is 0 Å². The third-order valence-electron chi connectivity index (χ3n) is 1.99. The van der Waals surface area contributed by atoms with Gasteiger partial charge in [0.25, 0.3) is 0 Å². The Morgan fingerprint density at radius 2 is 2.08 bits per heavy atom. The molecule has 0 radical (unpaired) electrons. The monoisotopic (exact) mass is 242 g/mol. The van der Waals surface area contributed by atoms with Crippen LogP contribution in [-0.4, -0.2) is 14.8 Å². The summed E-state index contributed by atoms with van der Waals surface area (Å²) in [4.78, 5) is 8.79. The molecule has 0 aliphatic carbocycles. The highest BCUT2D eigenvalue weighted by Gasteiger charge is 2.10. The van der Waals surface area contributed by atoms with Crippen LogP contribution in [0.25, 0.3) is 0 Å².